The average Bonchev–Trinajstić information content (AvgIpc) is 3.06. The van der Waals surface area contributed by atoms with E-state index in [-0.39, 0.29) is 17.4 Å². The van der Waals surface area contributed by atoms with Gasteiger partial charge in [0.1, 0.15) is 6.61 Å². The molecule has 1 saturated carbocycles. The first-order valence-corrected chi connectivity index (χ1v) is 9.33. The Morgan fingerprint density at radius 2 is 2.04 bits per heavy atom. The number of amides is 1. The van der Waals surface area contributed by atoms with Crippen molar-refractivity contribution in [1.29, 1.82) is 0 Å². The third-order valence-electron chi connectivity index (χ3n) is 5.99. The van der Waals surface area contributed by atoms with Gasteiger partial charge < -0.3 is 14.2 Å². The predicted octanol–water partition coefficient (Wildman–Crippen LogP) is 3.29. The molecule has 1 aromatic heterocycles. The maximum Gasteiger partial charge on any atom is 0.254 e. The molecule has 1 saturated heterocycles. The fourth-order valence-electron chi connectivity index (χ4n) is 4.21. The first kappa shape index (κ1) is 17.2. The van der Waals surface area contributed by atoms with Gasteiger partial charge in [0.2, 0.25) is 0 Å². The van der Waals surface area contributed by atoms with Gasteiger partial charge >= 0.3 is 0 Å². The number of hydrogen-bond acceptors (Lipinski definition) is 5. The molecule has 0 bridgehead atoms. The summed E-state index contributed by atoms with van der Waals surface area (Å²) in [7, 11) is 0. The largest absolute Gasteiger partial charge is 0.368 e. The van der Waals surface area contributed by atoms with Gasteiger partial charge in [0.05, 0.1) is 6.10 Å². The molecule has 6 nitrogen and oxygen atoms in total. The highest BCUT2D eigenvalue weighted by molar-refractivity contribution is 5.95. The van der Waals surface area contributed by atoms with Crippen LogP contribution >= 0.6 is 0 Å². The summed E-state index contributed by atoms with van der Waals surface area (Å²) in [5, 5.41) is 3.80. The van der Waals surface area contributed by atoms with Gasteiger partial charge in [-0.3, -0.25) is 4.79 Å². The molecule has 1 atom stereocenters. The maximum atomic E-state index is 12.8. The molecule has 1 unspecified atom stereocenters. The zero-order valence-corrected chi connectivity index (χ0v) is 15.4. The van der Waals surface area contributed by atoms with E-state index < -0.39 is 0 Å². The molecule has 1 spiro atoms. The Kier molecular flexibility index (Phi) is 4.53. The second kappa shape index (κ2) is 6.83. The normalized spacial score (nSPS) is 21.6. The number of carbonyl (C=O) groups is 1. The molecule has 1 aromatic carbocycles. The fraction of sp³-hybridized carbons (Fsp3) is 0.550. The zero-order valence-electron chi connectivity index (χ0n) is 15.4. The second-order valence-electron chi connectivity index (χ2n) is 7.54. The molecule has 4 rings (SSSR count). The van der Waals surface area contributed by atoms with E-state index in [4.69, 9.17) is 9.26 Å². The minimum Gasteiger partial charge on any atom is -0.368 e. The Bertz CT molecular complexity index is 793. The van der Waals surface area contributed by atoms with Gasteiger partial charge in [-0.2, -0.15) is 4.98 Å². The van der Waals surface area contributed by atoms with Gasteiger partial charge in [0.25, 0.3) is 11.8 Å². The second-order valence-corrected chi connectivity index (χ2v) is 7.54. The molecule has 2 fully saturated rings. The summed E-state index contributed by atoms with van der Waals surface area (Å²) in [4.78, 5) is 19.0. The molecular weight excluding hydrogens is 330 g/mol. The standard InChI is InChI=1S/C20H25N3O3/c1-14-5-3-4-6-16(14)19(24)23-11-9-20(10-12-23)8-7-17(20)25-13-18-21-15(2)22-26-18/h3-6,17H,7-13H2,1-2H3. The molecule has 0 radical (unpaired) electrons. The summed E-state index contributed by atoms with van der Waals surface area (Å²) in [6, 6.07) is 7.82. The molecule has 0 N–H and O–H groups in total. The Morgan fingerprint density at radius 3 is 2.65 bits per heavy atom. The highest BCUT2D eigenvalue weighted by atomic mass is 16.5. The summed E-state index contributed by atoms with van der Waals surface area (Å²) in [5.41, 5.74) is 2.06. The van der Waals surface area contributed by atoms with Crippen LogP contribution in [-0.4, -0.2) is 40.1 Å². The van der Waals surface area contributed by atoms with Crippen molar-refractivity contribution in [3.63, 3.8) is 0 Å². The molecular formula is C20H25N3O3. The molecule has 2 heterocycles. The predicted molar refractivity (Wildman–Crippen MR) is 95.6 cm³/mol. The van der Waals surface area contributed by atoms with Gasteiger partial charge in [0, 0.05) is 24.1 Å². The Balaban J connectivity index is 1.34. The summed E-state index contributed by atoms with van der Waals surface area (Å²) in [5.74, 6) is 1.32. The number of aryl methyl sites for hydroxylation is 2. The van der Waals surface area contributed by atoms with Gasteiger partial charge in [-0.25, -0.2) is 0 Å². The first-order valence-electron chi connectivity index (χ1n) is 9.33. The van der Waals surface area contributed by atoms with Crippen LogP contribution in [0.2, 0.25) is 0 Å². The Labute approximate surface area is 153 Å². The number of ether oxygens (including phenoxy) is 1. The number of piperidine rings is 1. The Hall–Kier alpha value is -2.21. The van der Waals surface area contributed by atoms with Crippen LogP contribution in [0, 0.1) is 19.3 Å². The number of nitrogens with zero attached hydrogens (tertiary/aromatic N) is 3. The number of aromatic nitrogens is 2. The van der Waals surface area contributed by atoms with Gasteiger partial charge in [-0.1, -0.05) is 23.4 Å². The van der Waals surface area contributed by atoms with Crippen molar-refractivity contribution in [2.45, 2.75) is 52.2 Å². The van der Waals surface area contributed by atoms with E-state index >= 15 is 0 Å². The zero-order chi connectivity index (χ0) is 18.1. The Morgan fingerprint density at radius 1 is 1.27 bits per heavy atom. The molecule has 1 aliphatic carbocycles. The maximum absolute atomic E-state index is 12.8. The van der Waals surface area contributed by atoms with Crippen LogP contribution in [0.5, 0.6) is 0 Å². The first-order chi connectivity index (χ1) is 12.6. The minimum atomic E-state index is 0.149. The summed E-state index contributed by atoms with van der Waals surface area (Å²) < 4.78 is 11.2. The van der Waals surface area contributed by atoms with Crippen LogP contribution in [0.4, 0.5) is 0 Å². The SMILES string of the molecule is Cc1noc(COC2CCC23CCN(C(=O)c2ccccc2C)CC3)n1. The quantitative estimate of drug-likeness (QED) is 0.842. The van der Waals surface area contributed by atoms with E-state index in [2.05, 4.69) is 10.1 Å². The molecule has 26 heavy (non-hydrogen) atoms. The number of benzene rings is 1. The van der Waals surface area contributed by atoms with Crippen LogP contribution in [0.25, 0.3) is 0 Å². The third-order valence-corrected chi connectivity index (χ3v) is 5.99. The molecule has 138 valence electrons. The number of likely N-dealkylation sites (tertiary alicyclic amines) is 1. The van der Waals surface area contributed by atoms with Crippen molar-refractivity contribution in [2.24, 2.45) is 5.41 Å². The fourth-order valence-corrected chi connectivity index (χ4v) is 4.21. The molecule has 2 aliphatic rings. The molecule has 2 aromatic rings. The lowest BCUT2D eigenvalue weighted by molar-refractivity contribution is -0.143. The van der Waals surface area contributed by atoms with Crippen LogP contribution in [0.3, 0.4) is 0 Å². The molecule has 1 aliphatic heterocycles. The lowest BCUT2D eigenvalue weighted by atomic mass is 9.60. The van der Waals surface area contributed by atoms with Crippen molar-refractivity contribution in [1.82, 2.24) is 15.0 Å². The number of rotatable bonds is 4. The van der Waals surface area contributed by atoms with Crippen molar-refractivity contribution < 1.29 is 14.1 Å². The molecule has 6 heteroatoms. The van der Waals surface area contributed by atoms with E-state index in [1.807, 2.05) is 36.1 Å². The van der Waals surface area contributed by atoms with E-state index in [0.29, 0.717) is 18.3 Å². The van der Waals surface area contributed by atoms with Crippen LogP contribution in [0.15, 0.2) is 28.8 Å². The van der Waals surface area contributed by atoms with Crippen LogP contribution in [0.1, 0.15) is 53.3 Å². The van der Waals surface area contributed by atoms with Crippen LogP contribution in [-0.2, 0) is 11.3 Å². The van der Waals surface area contributed by atoms with E-state index in [0.717, 1.165) is 43.5 Å². The van der Waals surface area contributed by atoms with Gasteiger partial charge in [-0.05, 0) is 51.2 Å². The topological polar surface area (TPSA) is 68.5 Å². The monoisotopic (exact) mass is 355 g/mol. The number of carbonyl (C=O) groups excluding carboxylic acids is 1. The van der Waals surface area contributed by atoms with Crippen molar-refractivity contribution >= 4 is 5.91 Å². The summed E-state index contributed by atoms with van der Waals surface area (Å²) >= 11 is 0. The third kappa shape index (κ3) is 3.14. The molecule has 1 amide bonds. The highest BCUT2D eigenvalue weighted by Crippen LogP contribution is 2.51. The average molecular weight is 355 g/mol. The summed E-state index contributed by atoms with van der Waals surface area (Å²) in [6.07, 6.45) is 4.47. The van der Waals surface area contributed by atoms with Crippen molar-refractivity contribution in [3.05, 3.63) is 47.1 Å². The van der Waals surface area contributed by atoms with Gasteiger partial charge in [-0.15, -0.1) is 0 Å². The highest BCUT2D eigenvalue weighted by Gasteiger charge is 2.49. The van der Waals surface area contributed by atoms with Crippen molar-refractivity contribution in [3.8, 4) is 0 Å². The van der Waals surface area contributed by atoms with E-state index in [1.54, 1.807) is 6.92 Å². The summed E-state index contributed by atoms with van der Waals surface area (Å²) in [6.45, 7) is 5.77. The van der Waals surface area contributed by atoms with Crippen LogP contribution < -0.4 is 0 Å². The minimum absolute atomic E-state index is 0.149. The lowest BCUT2D eigenvalue weighted by Crippen LogP contribution is -2.54. The van der Waals surface area contributed by atoms with Gasteiger partial charge in [0.15, 0.2) is 5.82 Å². The number of hydrogen-bond donors (Lipinski definition) is 0. The van der Waals surface area contributed by atoms with E-state index in [1.165, 1.54) is 6.42 Å². The van der Waals surface area contributed by atoms with Crippen molar-refractivity contribution in [2.75, 3.05) is 13.1 Å². The van der Waals surface area contributed by atoms with E-state index in [9.17, 15) is 4.79 Å². The lowest BCUT2D eigenvalue weighted by Gasteiger charge is -2.53. The smallest absolute Gasteiger partial charge is 0.254 e.